The Morgan fingerprint density at radius 2 is 1.86 bits per heavy atom. The van der Waals surface area contributed by atoms with Gasteiger partial charge in [-0.25, -0.2) is 0 Å². The highest BCUT2D eigenvalue weighted by Crippen LogP contribution is 2.36. The largest absolute Gasteiger partial charge is 0.569 e. The molecule has 0 amide bonds. The van der Waals surface area contributed by atoms with Gasteiger partial charge in [0.1, 0.15) is 0 Å². The molecule has 0 unspecified atom stereocenters. The van der Waals surface area contributed by atoms with E-state index < -0.39 is 28.1 Å². The fraction of sp³-hybridized carbons (Fsp3) is 0.455. The molecule has 1 aromatic carbocycles. The van der Waals surface area contributed by atoms with Crippen molar-refractivity contribution >= 4 is 5.69 Å². The molecule has 11 heteroatoms. The van der Waals surface area contributed by atoms with E-state index in [0.717, 1.165) is 6.07 Å². The molecular weight excluding hydrogens is 309 g/mol. The minimum Gasteiger partial charge on any atom is -0.569 e. The first kappa shape index (κ1) is 17.5. The van der Waals surface area contributed by atoms with E-state index in [9.17, 15) is 28.5 Å². The third-order valence-electron chi connectivity index (χ3n) is 2.66. The predicted octanol–water partition coefficient (Wildman–Crippen LogP) is 3.13. The van der Waals surface area contributed by atoms with Gasteiger partial charge in [0.25, 0.3) is 0 Å². The zero-order valence-corrected chi connectivity index (χ0v) is 11.7. The van der Waals surface area contributed by atoms with Gasteiger partial charge in [0, 0.05) is 6.07 Å². The van der Waals surface area contributed by atoms with Crippen LogP contribution in [0, 0.1) is 15.3 Å². The van der Waals surface area contributed by atoms with Crippen LogP contribution in [-0.2, 0) is 6.18 Å². The van der Waals surface area contributed by atoms with E-state index in [1.165, 1.54) is 5.01 Å². The molecule has 0 saturated heterocycles. The number of alkyl halides is 3. The zero-order valence-electron chi connectivity index (χ0n) is 11.7. The maximum absolute atomic E-state index is 12.5. The molecule has 0 aliphatic carbocycles. The highest BCUT2D eigenvalue weighted by Gasteiger charge is 2.33. The molecule has 0 saturated carbocycles. The summed E-state index contributed by atoms with van der Waals surface area (Å²) in [6.07, 6.45) is -4.73. The predicted molar refractivity (Wildman–Crippen MR) is 67.7 cm³/mol. The van der Waals surface area contributed by atoms with Gasteiger partial charge in [0.2, 0.25) is 11.0 Å². The minimum atomic E-state index is -4.73. The van der Waals surface area contributed by atoms with Crippen LogP contribution in [-0.4, -0.2) is 28.0 Å². The fourth-order valence-electron chi connectivity index (χ4n) is 1.51. The van der Waals surface area contributed by atoms with Crippen molar-refractivity contribution in [1.29, 1.82) is 0 Å². The molecule has 0 heterocycles. The summed E-state index contributed by atoms with van der Waals surface area (Å²) in [5.41, 5.74) is -2.14. The molecule has 1 aromatic rings. The Bertz CT molecular complexity index is 573. The van der Waals surface area contributed by atoms with Crippen LogP contribution in [0.25, 0.3) is 0 Å². The van der Waals surface area contributed by atoms with Crippen molar-refractivity contribution in [2.75, 3.05) is 13.1 Å². The first-order chi connectivity index (χ1) is 10.2. The van der Waals surface area contributed by atoms with Crippen LogP contribution >= 0.6 is 0 Å². The lowest BCUT2D eigenvalue weighted by Gasteiger charge is -2.13. The topological polar surface area (TPSA) is 94.0 Å². The number of nitro groups is 1. The van der Waals surface area contributed by atoms with E-state index in [0.29, 0.717) is 25.2 Å². The fourth-order valence-corrected chi connectivity index (χ4v) is 1.51. The molecule has 0 spiro atoms. The van der Waals surface area contributed by atoms with Crippen molar-refractivity contribution in [3.05, 3.63) is 39.1 Å². The smallest absolute Gasteiger partial charge is 0.416 e. The van der Waals surface area contributed by atoms with Gasteiger partial charge in [-0.2, -0.15) is 13.2 Å². The zero-order chi connectivity index (χ0) is 16.9. The second-order valence-electron chi connectivity index (χ2n) is 4.00. The van der Waals surface area contributed by atoms with E-state index in [-0.39, 0.29) is 4.97 Å². The monoisotopic (exact) mass is 322 g/mol. The molecule has 0 bridgehead atoms. The summed E-state index contributed by atoms with van der Waals surface area (Å²) < 4.78 is 37.6. The van der Waals surface area contributed by atoms with Crippen molar-refractivity contribution in [2.24, 2.45) is 5.28 Å². The van der Waals surface area contributed by atoms with Crippen molar-refractivity contribution in [1.82, 2.24) is 5.01 Å². The van der Waals surface area contributed by atoms with Crippen LogP contribution in [0.1, 0.15) is 19.4 Å². The van der Waals surface area contributed by atoms with Gasteiger partial charge in [-0.3, -0.25) is 15.0 Å². The molecular formula is C11H13F3N4O4. The molecule has 22 heavy (non-hydrogen) atoms. The molecule has 0 aliphatic rings. The first-order valence-corrected chi connectivity index (χ1v) is 6.16. The first-order valence-electron chi connectivity index (χ1n) is 6.16. The lowest BCUT2D eigenvalue weighted by molar-refractivity contribution is -0.706. The quantitative estimate of drug-likeness (QED) is 0.347. The number of nitro benzene ring substituents is 1. The molecule has 1 rings (SSSR count). The normalized spacial score (nSPS) is 12.1. The Hall–Kier alpha value is -2.59. The van der Waals surface area contributed by atoms with E-state index in [1.54, 1.807) is 13.8 Å². The number of hydrogen-bond acceptors (Lipinski definition) is 5. The maximum Gasteiger partial charge on any atom is 0.416 e. The number of benzene rings is 1. The van der Waals surface area contributed by atoms with Gasteiger partial charge >= 0.3 is 11.9 Å². The maximum atomic E-state index is 12.5. The number of nitrogens with zero attached hydrogens (tertiary/aromatic N) is 4. The lowest BCUT2D eigenvalue weighted by Crippen LogP contribution is -2.30. The van der Waals surface area contributed by atoms with E-state index in [2.05, 4.69) is 10.1 Å². The third kappa shape index (κ3) is 4.20. The minimum absolute atomic E-state index is 0.0708. The summed E-state index contributed by atoms with van der Waals surface area (Å²) in [6, 6.07) is 1.66. The average Bonchev–Trinajstić information content (AvgIpc) is 2.45. The molecule has 0 aromatic heterocycles. The van der Waals surface area contributed by atoms with Gasteiger partial charge in [0.15, 0.2) is 0 Å². The number of hydrazine groups is 1. The molecule has 8 nitrogen and oxygen atoms in total. The second kappa shape index (κ2) is 6.91. The molecule has 122 valence electrons. The van der Waals surface area contributed by atoms with Crippen LogP contribution < -0.4 is 4.84 Å². The molecule has 0 atom stereocenters. The van der Waals surface area contributed by atoms with Gasteiger partial charge in [-0.05, 0) is 26.0 Å². The van der Waals surface area contributed by atoms with Gasteiger partial charge < -0.3 is 5.21 Å². The Labute approximate surface area is 123 Å². The summed E-state index contributed by atoms with van der Waals surface area (Å²) in [5.74, 6) is -0.564. The highest BCUT2D eigenvalue weighted by atomic mass is 19.4. The van der Waals surface area contributed by atoms with Crippen LogP contribution in [0.2, 0.25) is 0 Å². The Morgan fingerprint density at radius 1 is 1.27 bits per heavy atom. The summed E-state index contributed by atoms with van der Waals surface area (Å²) >= 11 is 0. The number of halogens is 3. The summed E-state index contributed by atoms with van der Waals surface area (Å²) in [4.78, 5) is 14.4. The highest BCUT2D eigenvalue weighted by molar-refractivity contribution is 5.49. The Morgan fingerprint density at radius 3 is 2.32 bits per heavy atom. The summed E-state index contributed by atoms with van der Waals surface area (Å²) in [6.45, 7) is 3.96. The molecule has 0 fully saturated rings. The van der Waals surface area contributed by atoms with Gasteiger partial charge in [-0.15, -0.1) is 5.01 Å². The lowest BCUT2D eigenvalue weighted by atomic mass is 10.2. The number of hydrogen-bond donors (Lipinski definition) is 0. The second-order valence-corrected chi connectivity index (χ2v) is 4.00. The summed E-state index contributed by atoms with van der Waals surface area (Å²) in [7, 11) is 0. The Balaban J connectivity index is 3.10. The Kier molecular flexibility index (Phi) is 5.49. The summed E-state index contributed by atoms with van der Waals surface area (Å²) in [5, 5.41) is 26.6. The van der Waals surface area contributed by atoms with E-state index in [1.807, 2.05) is 0 Å². The van der Waals surface area contributed by atoms with E-state index in [4.69, 9.17) is 0 Å². The average molecular weight is 322 g/mol. The van der Waals surface area contributed by atoms with Crippen molar-refractivity contribution in [3.63, 3.8) is 0 Å². The molecule has 0 N–H and O–H groups in total. The van der Waals surface area contributed by atoms with Crippen LogP contribution in [0.4, 0.5) is 18.9 Å². The van der Waals surface area contributed by atoms with E-state index >= 15 is 0 Å². The number of rotatable bonds is 6. The standard InChI is InChI=1S/C11H13F3N4O4/c1-3-16(4-2)18(21)15-22-10-6-5-8(11(12,13)14)7-9(10)17(19)20/h5-7H,3-4H2,1-2H3/b18-15-. The third-order valence-corrected chi connectivity index (χ3v) is 2.66. The van der Waals surface area contributed by atoms with Gasteiger partial charge in [0.05, 0.1) is 28.5 Å². The van der Waals surface area contributed by atoms with Crippen molar-refractivity contribution < 1.29 is 27.9 Å². The van der Waals surface area contributed by atoms with Crippen LogP contribution in [0.15, 0.2) is 23.5 Å². The van der Waals surface area contributed by atoms with Crippen molar-refractivity contribution in [3.8, 4) is 5.75 Å². The molecule has 0 aliphatic heterocycles. The SMILES string of the molecule is CCN(CC)/[N+]([O-])=N/Oc1ccc(C(F)(F)F)cc1[N+](=O)[O-]. The van der Waals surface area contributed by atoms with Crippen LogP contribution in [0.3, 0.4) is 0 Å². The van der Waals surface area contributed by atoms with Gasteiger partial charge in [-0.1, -0.05) is 0 Å². The van der Waals surface area contributed by atoms with Crippen molar-refractivity contribution in [2.45, 2.75) is 20.0 Å². The van der Waals surface area contributed by atoms with Crippen LogP contribution in [0.5, 0.6) is 5.75 Å². The molecule has 0 radical (unpaired) electrons.